The summed E-state index contributed by atoms with van der Waals surface area (Å²) in [7, 11) is -3.71. The average molecular weight is 290 g/mol. The molecule has 1 aromatic carbocycles. The second-order valence-corrected chi connectivity index (χ2v) is 5.98. The molecule has 0 saturated carbocycles. The monoisotopic (exact) mass is 290 g/mol. The number of sulfonamides is 1. The van der Waals surface area contributed by atoms with Crippen molar-refractivity contribution < 1.29 is 8.42 Å². The Morgan fingerprint density at radius 1 is 1.40 bits per heavy atom. The summed E-state index contributed by atoms with van der Waals surface area (Å²) in [5.41, 5.74) is 1.79. The summed E-state index contributed by atoms with van der Waals surface area (Å²) < 4.78 is 27.0. The summed E-state index contributed by atoms with van der Waals surface area (Å²) in [6.45, 7) is 3.59. The van der Waals surface area contributed by atoms with Crippen LogP contribution in [-0.2, 0) is 16.4 Å². The van der Waals surface area contributed by atoms with Crippen molar-refractivity contribution in [1.82, 2.24) is 10.2 Å². The summed E-state index contributed by atoms with van der Waals surface area (Å²) in [5.74, 6) is 0.255. The van der Waals surface area contributed by atoms with Gasteiger partial charge in [-0.25, -0.2) is 8.42 Å². The Bertz CT molecular complexity index is 772. The van der Waals surface area contributed by atoms with Crippen molar-refractivity contribution >= 4 is 15.8 Å². The molecule has 104 valence electrons. The van der Waals surface area contributed by atoms with Crippen LogP contribution in [0.2, 0.25) is 0 Å². The number of aromatic nitrogens is 2. The van der Waals surface area contributed by atoms with E-state index in [-0.39, 0.29) is 10.7 Å². The molecule has 0 spiro atoms. The van der Waals surface area contributed by atoms with Crippen LogP contribution in [0, 0.1) is 18.3 Å². The van der Waals surface area contributed by atoms with Crippen LogP contribution in [0.1, 0.15) is 23.7 Å². The molecule has 2 aromatic rings. The normalized spacial score (nSPS) is 11.1. The van der Waals surface area contributed by atoms with E-state index in [0.29, 0.717) is 11.1 Å². The summed E-state index contributed by atoms with van der Waals surface area (Å²) in [6.07, 6.45) is 0.741. The van der Waals surface area contributed by atoms with Gasteiger partial charge < -0.3 is 0 Å². The average Bonchev–Trinajstić information content (AvgIpc) is 2.85. The van der Waals surface area contributed by atoms with Gasteiger partial charge in [0.25, 0.3) is 10.0 Å². The maximum Gasteiger partial charge on any atom is 0.263 e. The van der Waals surface area contributed by atoms with Crippen LogP contribution in [0.4, 0.5) is 5.82 Å². The molecule has 0 aliphatic heterocycles. The maximum absolute atomic E-state index is 12.3. The van der Waals surface area contributed by atoms with Gasteiger partial charge in [-0.3, -0.25) is 9.82 Å². The molecule has 0 radical (unpaired) electrons. The number of rotatable bonds is 4. The lowest BCUT2D eigenvalue weighted by molar-refractivity contribution is 0.600. The maximum atomic E-state index is 12.3. The highest BCUT2D eigenvalue weighted by Crippen LogP contribution is 2.19. The summed E-state index contributed by atoms with van der Waals surface area (Å²) in [4.78, 5) is 0.137. The number of aryl methyl sites for hydroxylation is 2. The van der Waals surface area contributed by atoms with E-state index < -0.39 is 10.0 Å². The number of H-pyrrole nitrogens is 1. The molecule has 0 amide bonds. The predicted octanol–water partition coefficient (Wildman–Crippen LogP) is 1.95. The minimum absolute atomic E-state index is 0.137. The van der Waals surface area contributed by atoms with Crippen molar-refractivity contribution in [3.8, 4) is 6.07 Å². The molecule has 0 fully saturated rings. The molecule has 0 aliphatic rings. The Labute approximate surface area is 117 Å². The summed E-state index contributed by atoms with van der Waals surface area (Å²) in [5, 5.41) is 15.4. The highest BCUT2D eigenvalue weighted by atomic mass is 32.2. The molecule has 2 rings (SSSR count). The molecule has 6 nitrogen and oxygen atoms in total. The summed E-state index contributed by atoms with van der Waals surface area (Å²) in [6, 6.07) is 8.06. The van der Waals surface area contributed by atoms with E-state index in [9.17, 15) is 8.42 Å². The van der Waals surface area contributed by atoms with E-state index in [1.54, 1.807) is 13.0 Å². The van der Waals surface area contributed by atoms with Gasteiger partial charge in [0.05, 0.1) is 16.5 Å². The number of aromatic amines is 1. The zero-order valence-corrected chi connectivity index (χ0v) is 12.0. The van der Waals surface area contributed by atoms with E-state index in [4.69, 9.17) is 5.26 Å². The molecule has 20 heavy (non-hydrogen) atoms. The number of hydrogen-bond acceptors (Lipinski definition) is 4. The Hall–Kier alpha value is -2.33. The third-order valence-corrected chi connectivity index (χ3v) is 4.36. The first-order valence-electron chi connectivity index (χ1n) is 6.04. The lowest BCUT2D eigenvalue weighted by atomic mass is 10.2. The first-order chi connectivity index (χ1) is 9.46. The van der Waals surface area contributed by atoms with E-state index in [1.165, 1.54) is 18.2 Å². The highest BCUT2D eigenvalue weighted by molar-refractivity contribution is 7.92. The fraction of sp³-hybridized carbons (Fsp3) is 0.231. The number of nitriles is 1. The third-order valence-electron chi connectivity index (χ3n) is 2.84. The van der Waals surface area contributed by atoms with Crippen molar-refractivity contribution in [2.45, 2.75) is 25.2 Å². The fourth-order valence-electron chi connectivity index (χ4n) is 1.81. The Morgan fingerprint density at radius 2 is 2.15 bits per heavy atom. The van der Waals surface area contributed by atoms with Crippen LogP contribution in [-0.4, -0.2) is 18.6 Å². The Morgan fingerprint density at radius 3 is 2.70 bits per heavy atom. The van der Waals surface area contributed by atoms with Gasteiger partial charge in [-0.15, -0.1) is 0 Å². The number of nitrogens with one attached hydrogen (secondary N) is 2. The van der Waals surface area contributed by atoms with Gasteiger partial charge in [0, 0.05) is 11.8 Å². The zero-order chi connectivity index (χ0) is 14.8. The molecule has 7 heteroatoms. The topological polar surface area (TPSA) is 98.6 Å². The molecule has 2 N–H and O–H groups in total. The van der Waals surface area contributed by atoms with Crippen molar-refractivity contribution in [1.29, 1.82) is 5.26 Å². The fourth-order valence-corrected chi connectivity index (χ4v) is 3.03. The summed E-state index contributed by atoms with van der Waals surface area (Å²) >= 11 is 0. The minimum Gasteiger partial charge on any atom is -0.280 e. The van der Waals surface area contributed by atoms with Crippen molar-refractivity contribution in [2.24, 2.45) is 0 Å². The van der Waals surface area contributed by atoms with Crippen LogP contribution in [0.15, 0.2) is 29.2 Å². The Balaban J connectivity index is 2.33. The van der Waals surface area contributed by atoms with E-state index in [0.717, 1.165) is 12.1 Å². The molecule has 0 bridgehead atoms. The molecule has 0 atom stereocenters. The van der Waals surface area contributed by atoms with Gasteiger partial charge in [-0.2, -0.15) is 10.4 Å². The van der Waals surface area contributed by atoms with E-state index in [1.807, 2.05) is 13.0 Å². The van der Waals surface area contributed by atoms with Gasteiger partial charge in [0.1, 0.15) is 0 Å². The second-order valence-electron chi connectivity index (χ2n) is 4.33. The van der Waals surface area contributed by atoms with Crippen molar-refractivity contribution in [3.05, 3.63) is 41.1 Å². The van der Waals surface area contributed by atoms with Crippen LogP contribution < -0.4 is 4.72 Å². The van der Waals surface area contributed by atoms with Crippen LogP contribution in [0.3, 0.4) is 0 Å². The number of hydrogen-bond donors (Lipinski definition) is 2. The predicted molar refractivity (Wildman–Crippen MR) is 74.7 cm³/mol. The SMILES string of the molecule is CCc1cc(NS(=O)(=O)c2ccc(C#N)cc2C)n[nH]1. The third kappa shape index (κ3) is 2.81. The molecule has 0 aliphatic carbocycles. The van der Waals surface area contributed by atoms with Crippen molar-refractivity contribution in [3.63, 3.8) is 0 Å². The Kier molecular flexibility index (Phi) is 3.77. The standard InChI is InChI=1S/C13H14N4O2S/c1-3-11-7-13(16-15-11)17-20(18,19)12-5-4-10(8-14)6-9(12)2/h4-7H,3H2,1-2H3,(H2,15,16,17). The molecule has 1 aromatic heterocycles. The molecule has 0 unspecified atom stereocenters. The minimum atomic E-state index is -3.71. The quantitative estimate of drug-likeness (QED) is 0.899. The first kappa shape index (κ1) is 14.1. The van der Waals surface area contributed by atoms with Gasteiger partial charge >= 0.3 is 0 Å². The van der Waals surface area contributed by atoms with E-state index in [2.05, 4.69) is 14.9 Å². The van der Waals surface area contributed by atoms with Crippen LogP contribution >= 0.6 is 0 Å². The van der Waals surface area contributed by atoms with Gasteiger partial charge in [0.2, 0.25) is 0 Å². The van der Waals surface area contributed by atoms with Gasteiger partial charge in [-0.1, -0.05) is 6.92 Å². The lowest BCUT2D eigenvalue weighted by Gasteiger charge is -2.08. The van der Waals surface area contributed by atoms with Crippen LogP contribution in [0.5, 0.6) is 0 Å². The number of anilines is 1. The van der Waals surface area contributed by atoms with E-state index >= 15 is 0 Å². The number of nitrogens with zero attached hydrogens (tertiary/aromatic N) is 2. The molecule has 1 heterocycles. The molecular weight excluding hydrogens is 276 g/mol. The largest absolute Gasteiger partial charge is 0.280 e. The smallest absolute Gasteiger partial charge is 0.263 e. The lowest BCUT2D eigenvalue weighted by Crippen LogP contribution is -2.14. The first-order valence-corrected chi connectivity index (χ1v) is 7.52. The van der Waals surface area contributed by atoms with Crippen LogP contribution in [0.25, 0.3) is 0 Å². The van der Waals surface area contributed by atoms with Crippen molar-refractivity contribution in [2.75, 3.05) is 4.72 Å². The second kappa shape index (κ2) is 5.35. The highest BCUT2D eigenvalue weighted by Gasteiger charge is 2.18. The molecule has 0 saturated heterocycles. The molecular formula is C13H14N4O2S. The van der Waals surface area contributed by atoms with Gasteiger partial charge in [-0.05, 0) is 37.1 Å². The zero-order valence-electron chi connectivity index (χ0n) is 11.1. The van der Waals surface area contributed by atoms with Gasteiger partial charge in [0.15, 0.2) is 5.82 Å². The number of benzene rings is 1.